The summed E-state index contributed by atoms with van der Waals surface area (Å²) in [4.78, 5) is 34.5. The number of nitrogens with zero attached hydrogens (tertiary/aromatic N) is 2. The summed E-state index contributed by atoms with van der Waals surface area (Å²) in [6.07, 6.45) is 9.48. The van der Waals surface area contributed by atoms with Gasteiger partial charge in [0.25, 0.3) is 0 Å². The molecule has 0 radical (unpaired) electrons. The molecule has 0 bridgehead atoms. The van der Waals surface area contributed by atoms with Gasteiger partial charge < -0.3 is 20.3 Å². The topological polar surface area (TPSA) is 185 Å². The molecule has 0 spiro atoms. The predicted octanol–water partition coefficient (Wildman–Crippen LogP) is 5.18. The Labute approximate surface area is 238 Å². The van der Waals surface area contributed by atoms with Crippen LogP contribution in [0.5, 0.6) is 0 Å². The predicted molar refractivity (Wildman–Crippen MR) is 152 cm³/mol. The Morgan fingerprint density at radius 3 is 2.20 bits per heavy atom. The fourth-order valence-corrected chi connectivity index (χ4v) is 4.44. The number of aromatic carboxylic acids is 3. The molecule has 5 rings (SSSR count). The Morgan fingerprint density at radius 1 is 0.854 bits per heavy atom. The Bertz CT molecular complexity index is 1420. The second-order valence-corrected chi connectivity index (χ2v) is 10.3. The molecule has 0 saturated heterocycles. The van der Waals surface area contributed by atoms with Gasteiger partial charge in [-0.05, 0) is 74.1 Å². The quantitative estimate of drug-likeness (QED) is 0.152. The fraction of sp³-hybridized carbons (Fsp3) is 0.367. The van der Waals surface area contributed by atoms with E-state index in [4.69, 9.17) is 15.3 Å². The van der Waals surface area contributed by atoms with Gasteiger partial charge in [-0.25, -0.2) is 14.4 Å². The minimum atomic E-state index is -0.976. The van der Waals surface area contributed by atoms with E-state index < -0.39 is 17.9 Å². The number of hydrogen-bond acceptors (Lipinski definition) is 5. The zero-order valence-corrected chi connectivity index (χ0v) is 23.3. The number of hydrogen-bond donors (Lipinski definition) is 6. The number of carboxylic acids is 3. The first-order chi connectivity index (χ1) is 19.6. The Morgan fingerprint density at radius 2 is 1.59 bits per heavy atom. The third-order valence-corrected chi connectivity index (χ3v) is 6.60. The summed E-state index contributed by atoms with van der Waals surface area (Å²) in [5.41, 5.74) is 5.66. The molecule has 41 heavy (non-hydrogen) atoms. The van der Waals surface area contributed by atoms with E-state index in [0.29, 0.717) is 5.92 Å². The summed E-state index contributed by atoms with van der Waals surface area (Å²) in [5.74, 6) is -2.12. The van der Waals surface area contributed by atoms with Crippen molar-refractivity contribution in [3.8, 4) is 0 Å². The van der Waals surface area contributed by atoms with Crippen molar-refractivity contribution in [1.29, 1.82) is 0 Å². The van der Waals surface area contributed by atoms with Crippen molar-refractivity contribution in [2.45, 2.75) is 65.2 Å². The van der Waals surface area contributed by atoms with Crippen LogP contribution < -0.4 is 0 Å². The lowest BCUT2D eigenvalue weighted by Gasteiger charge is -2.01. The molecule has 0 amide bonds. The molecule has 6 N–H and O–H groups in total. The summed E-state index contributed by atoms with van der Waals surface area (Å²) in [6.45, 7) is 4.35. The lowest BCUT2D eigenvalue weighted by Crippen LogP contribution is -2.00. The van der Waals surface area contributed by atoms with Crippen LogP contribution in [0.1, 0.15) is 92.7 Å². The minimum Gasteiger partial charge on any atom is -0.477 e. The highest BCUT2D eigenvalue weighted by Gasteiger charge is 2.22. The number of nitrogens with one attached hydrogen (secondary N) is 3. The van der Waals surface area contributed by atoms with Crippen LogP contribution in [-0.2, 0) is 32.1 Å². The third kappa shape index (κ3) is 9.79. The molecule has 11 nitrogen and oxygen atoms in total. The smallest absolute Gasteiger partial charge is 0.356 e. The first kappa shape index (κ1) is 30.9. The molecule has 0 saturated carbocycles. The highest BCUT2D eigenvalue weighted by molar-refractivity contribution is 5.87. The maximum absolute atomic E-state index is 10.7. The van der Waals surface area contributed by atoms with E-state index in [9.17, 15) is 14.4 Å². The first-order valence-electron chi connectivity index (χ1n) is 13.7. The molecule has 1 aliphatic rings. The molecule has 1 aromatic carbocycles. The van der Waals surface area contributed by atoms with Crippen LogP contribution in [0.25, 0.3) is 0 Å². The zero-order chi connectivity index (χ0) is 29.8. The molecule has 1 aliphatic carbocycles. The number of aromatic amines is 3. The highest BCUT2D eigenvalue weighted by Crippen LogP contribution is 2.22. The monoisotopic (exact) mass is 563 g/mol. The van der Waals surface area contributed by atoms with E-state index in [1.54, 1.807) is 18.3 Å². The minimum absolute atomic E-state index is 0.101. The molecule has 11 heteroatoms. The summed E-state index contributed by atoms with van der Waals surface area (Å²) in [7, 11) is 0. The van der Waals surface area contributed by atoms with Crippen molar-refractivity contribution in [1.82, 2.24) is 25.4 Å². The molecule has 218 valence electrons. The highest BCUT2D eigenvalue weighted by atomic mass is 16.4. The molecule has 3 aromatic heterocycles. The van der Waals surface area contributed by atoms with Gasteiger partial charge in [-0.15, -0.1) is 0 Å². The number of carboxylic acid groups (broad SMARTS) is 3. The zero-order valence-electron chi connectivity index (χ0n) is 23.3. The standard InChI is InChI=1S/C13H13NO2.C10H16N2O2.C7H8N2O2/c15-13(16)12-8-11(9-14-12)7-6-10-4-2-1-3-5-10;1-7(2)4-3-5-8-6-9(10(13)14)12-11-8;10-7(11)6-4-2-1-3-5(4)8-9-6/h1-5,8-9,14H,6-7H2,(H,15,16);6-7H,3-5H2,1-2H3,(H,11,12)(H,13,14);1-3H2,(H,8,9)(H,10,11). The molecule has 0 atom stereocenters. The van der Waals surface area contributed by atoms with Crippen molar-refractivity contribution in [3.05, 3.63) is 93.8 Å². The maximum Gasteiger partial charge on any atom is 0.356 e. The van der Waals surface area contributed by atoms with Gasteiger partial charge in [0.2, 0.25) is 0 Å². The van der Waals surface area contributed by atoms with E-state index in [1.807, 2.05) is 18.2 Å². The van der Waals surface area contributed by atoms with Crippen molar-refractivity contribution in [3.63, 3.8) is 0 Å². The lowest BCUT2D eigenvalue weighted by molar-refractivity contribution is 0.0679. The van der Waals surface area contributed by atoms with Crippen molar-refractivity contribution in [2.24, 2.45) is 5.92 Å². The number of benzene rings is 1. The molecular weight excluding hydrogens is 526 g/mol. The van der Waals surface area contributed by atoms with E-state index >= 15 is 0 Å². The van der Waals surface area contributed by atoms with Crippen molar-refractivity contribution >= 4 is 17.9 Å². The Kier molecular flexibility index (Phi) is 11.4. The summed E-state index contributed by atoms with van der Waals surface area (Å²) in [6, 6.07) is 13.4. The Balaban J connectivity index is 0.000000172. The number of fused-ring (bicyclic) bond motifs is 1. The summed E-state index contributed by atoms with van der Waals surface area (Å²) in [5, 5.41) is 38.9. The normalized spacial score (nSPS) is 11.7. The maximum atomic E-state index is 10.7. The molecule has 4 aromatic rings. The van der Waals surface area contributed by atoms with Gasteiger partial charge in [-0.2, -0.15) is 10.2 Å². The van der Waals surface area contributed by atoms with Crippen molar-refractivity contribution in [2.75, 3.05) is 0 Å². The number of H-pyrrole nitrogens is 3. The van der Waals surface area contributed by atoms with Crippen LogP contribution in [-0.4, -0.2) is 58.6 Å². The van der Waals surface area contributed by atoms with Gasteiger partial charge in [-0.3, -0.25) is 10.2 Å². The van der Waals surface area contributed by atoms with Crippen LogP contribution in [0.3, 0.4) is 0 Å². The van der Waals surface area contributed by atoms with Crippen molar-refractivity contribution < 1.29 is 29.7 Å². The lowest BCUT2D eigenvalue weighted by atomic mass is 10.1. The Hall–Kier alpha value is -4.67. The van der Waals surface area contributed by atoms with Gasteiger partial charge in [0, 0.05) is 23.1 Å². The van der Waals surface area contributed by atoms with Gasteiger partial charge in [-0.1, -0.05) is 50.6 Å². The summed E-state index contributed by atoms with van der Waals surface area (Å²) < 4.78 is 0. The second-order valence-electron chi connectivity index (χ2n) is 10.3. The SMILES string of the molecule is CC(C)CCCc1cc(C(=O)O)n[nH]1.O=C(O)c1cc(CCc2ccccc2)c[nH]1.O=C(O)c1n[nH]c2c1CCC2. The van der Waals surface area contributed by atoms with E-state index in [2.05, 4.69) is 51.4 Å². The van der Waals surface area contributed by atoms with Crippen LogP contribution in [0.2, 0.25) is 0 Å². The average Bonchev–Trinajstić information content (AvgIpc) is 3.73. The fourth-order valence-electron chi connectivity index (χ4n) is 4.44. The summed E-state index contributed by atoms with van der Waals surface area (Å²) >= 11 is 0. The first-order valence-corrected chi connectivity index (χ1v) is 13.7. The van der Waals surface area contributed by atoms with E-state index in [0.717, 1.165) is 73.9 Å². The number of rotatable bonds is 10. The second kappa shape index (κ2) is 15.2. The molecule has 0 unspecified atom stereocenters. The van der Waals surface area contributed by atoms with Crippen LogP contribution in [0.4, 0.5) is 0 Å². The van der Waals surface area contributed by atoms with E-state index in [-0.39, 0.29) is 17.1 Å². The van der Waals surface area contributed by atoms with E-state index in [1.165, 1.54) is 5.56 Å². The van der Waals surface area contributed by atoms with Gasteiger partial charge in [0.05, 0.1) is 0 Å². The molecule has 0 aliphatic heterocycles. The van der Waals surface area contributed by atoms with Crippen LogP contribution in [0.15, 0.2) is 48.7 Å². The number of aryl methyl sites for hydroxylation is 4. The molecular formula is C30H37N5O6. The van der Waals surface area contributed by atoms with Crippen LogP contribution >= 0.6 is 0 Å². The van der Waals surface area contributed by atoms with Gasteiger partial charge in [0.1, 0.15) is 5.69 Å². The number of carbonyl (C=O) groups is 3. The number of aromatic nitrogens is 5. The molecule has 3 heterocycles. The van der Waals surface area contributed by atoms with Gasteiger partial charge >= 0.3 is 17.9 Å². The van der Waals surface area contributed by atoms with Gasteiger partial charge in [0.15, 0.2) is 11.4 Å². The molecule has 0 fully saturated rings. The van der Waals surface area contributed by atoms with Crippen LogP contribution in [0, 0.1) is 5.92 Å². The third-order valence-electron chi connectivity index (χ3n) is 6.60. The average molecular weight is 564 g/mol. The largest absolute Gasteiger partial charge is 0.477 e.